The molecule has 0 bridgehead atoms. The fourth-order valence-corrected chi connectivity index (χ4v) is 2.11. The number of rotatable bonds is 7. The summed E-state index contributed by atoms with van der Waals surface area (Å²) >= 11 is 0. The van der Waals surface area contributed by atoms with Crippen LogP contribution in [-0.4, -0.2) is 29.7 Å². The fraction of sp³-hybridized carbons (Fsp3) is 0.462. The first kappa shape index (κ1) is 14.9. The minimum atomic E-state index is -0.519. The van der Waals surface area contributed by atoms with E-state index in [9.17, 15) is 10.1 Å². The van der Waals surface area contributed by atoms with Crippen molar-refractivity contribution in [3.8, 4) is 11.5 Å². The van der Waals surface area contributed by atoms with Crippen molar-refractivity contribution in [2.75, 3.05) is 13.7 Å². The molecule has 0 spiro atoms. The number of nitro groups is 1. The van der Waals surface area contributed by atoms with Crippen LogP contribution in [-0.2, 0) is 0 Å². The number of hydrogen-bond donors (Lipinski definition) is 2. The normalized spacial score (nSPS) is 16.3. The summed E-state index contributed by atoms with van der Waals surface area (Å²) in [5.41, 5.74) is 5.23. The van der Waals surface area contributed by atoms with Gasteiger partial charge in [0.25, 0.3) is 0 Å². The van der Waals surface area contributed by atoms with Gasteiger partial charge in [-0.05, 0) is 25.0 Å². The van der Waals surface area contributed by atoms with E-state index in [1.54, 1.807) is 6.07 Å². The summed E-state index contributed by atoms with van der Waals surface area (Å²) < 4.78 is 10.5. The third-order valence-corrected chi connectivity index (χ3v) is 3.53. The SMILES string of the molecule is COc1ccc(OCC2(C/C(N)=N/O)CC2)cc1[N+](=O)[O-]. The fourth-order valence-electron chi connectivity index (χ4n) is 2.11. The molecule has 21 heavy (non-hydrogen) atoms. The largest absolute Gasteiger partial charge is 0.493 e. The van der Waals surface area contributed by atoms with Gasteiger partial charge in [0.15, 0.2) is 5.75 Å². The van der Waals surface area contributed by atoms with Crippen molar-refractivity contribution in [1.82, 2.24) is 0 Å². The van der Waals surface area contributed by atoms with Gasteiger partial charge in [0, 0.05) is 11.8 Å². The van der Waals surface area contributed by atoms with Gasteiger partial charge >= 0.3 is 5.69 Å². The summed E-state index contributed by atoms with van der Waals surface area (Å²) in [5.74, 6) is 0.746. The van der Waals surface area contributed by atoms with E-state index in [2.05, 4.69) is 5.16 Å². The summed E-state index contributed by atoms with van der Waals surface area (Å²) in [7, 11) is 1.37. The van der Waals surface area contributed by atoms with E-state index in [-0.39, 0.29) is 22.7 Å². The van der Waals surface area contributed by atoms with Crippen LogP contribution in [0.5, 0.6) is 11.5 Å². The molecule has 0 radical (unpaired) electrons. The van der Waals surface area contributed by atoms with Crippen molar-refractivity contribution in [1.29, 1.82) is 0 Å². The Morgan fingerprint density at radius 2 is 2.29 bits per heavy atom. The molecule has 0 aliphatic heterocycles. The lowest BCUT2D eigenvalue weighted by Crippen LogP contribution is -2.22. The van der Waals surface area contributed by atoms with Crippen LogP contribution >= 0.6 is 0 Å². The van der Waals surface area contributed by atoms with Crippen LogP contribution in [0, 0.1) is 15.5 Å². The third-order valence-electron chi connectivity index (χ3n) is 3.53. The molecule has 0 amide bonds. The van der Waals surface area contributed by atoms with Crippen LogP contribution in [0.15, 0.2) is 23.4 Å². The second-order valence-corrected chi connectivity index (χ2v) is 5.15. The number of nitrogens with two attached hydrogens (primary N) is 1. The maximum atomic E-state index is 10.9. The maximum absolute atomic E-state index is 10.9. The van der Waals surface area contributed by atoms with Gasteiger partial charge in [-0.1, -0.05) is 5.16 Å². The highest BCUT2D eigenvalue weighted by atomic mass is 16.6. The Balaban J connectivity index is 2.04. The smallest absolute Gasteiger partial charge is 0.314 e. The van der Waals surface area contributed by atoms with Gasteiger partial charge in [0.1, 0.15) is 11.6 Å². The summed E-state index contributed by atoms with van der Waals surface area (Å²) in [4.78, 5) is 10.4. The molecular formula is C13H17N3O5. The molecule has 8 heteroatoms. The number of benzene rings is 1. The average molecular weight is 295 g/mol. The van der Waals surface area contributed by atoms with Gasteiger partial charge < -0.3 is 20.4 Å². The number of amidine groups is 1. The van der Waals surface area contributed by atoms with Crippen molar-refractivity contribution in [2.45, 2.75) is 19.3 Å². The lowest BCUT2D eigenvalue weighted by Gasteiger charge is -2.15. The monoisotopic (exact) mass is 295 g/mol. The van der Waals surface area contributed by atoms with E-state index in [0.29, 0.717) is 18.8 Å². The first-order valence-corrected chi connectivity index (χ1v) is 6.41. The maximum Gasteiger partial charge on any atom is 0.314 e. The van der Waals surface area contributed by atoms with Crippen molar-refractivity contribution in [2.24, 2.45) is 16.3 Å². The topological polar surface area (TPSA) is 120 Å². The molecule has 2 rings (SSSR count). The molecule has 0 atom stereocenters. The molecule has 8 nitrogen and oxygen atoms in total. The van der Waals surface area contributed by atoms with E-state index in [1.165, 1.54) is 19.2 Å². The zero-order valence-electron chi connectivity index (χ0n) is 11.6. The Kier molecular flexibility index (Phi) is 4.15. The number of oxime groups is 1. The van der Waals surface area contributed by atoms with Gasteiger partial charge in [-0.25, -0.2) is 0 Å². The van der Waals surface area contributed by atoms with E-state index in [1.807, 2.05) is 0 Å². The second-order valence-electron chi connectivity index (χ2n) is 5.15. The molecule has 1 aliphatic rings. The first-order valence-electron chi connectivity index (χ1n) is 6.41. The van der Waals surface area contributed by atoms with E-state index in [4.69, 9.17) is 20.4 Å². The highest BCUT2D eigenvalue weighted by Crippen LogP contribution is 2.49. The van der Waals surface area contributed by atoms with Gasteiger partial charge in [-0.15, -0.1) is 0 Å². The Hall–Kier alpha value is -2.51. The number of ether oxygens (including phenoxy) is 2. The summed E-state index contributed by atoms with van der Waals surface area (Å²) in [6.07, 6.45) is 2.28. The molecule has 1 aliphatic carbocycles. The van der Waals surface area contributed by atoms with Crippen LogP contribution in [0.3, 0.4) is 0 Å². The quantitative estimate of drug-likeness (QED) is 0.260. The summed E-state index contributed by atoms with van der Waals surface area (Å²) in [6.45, 7) is 0.368. The van der Waals surface area contributed by atoms with Crippen molar-refractivity contribution in [3.05, 3.63) is 28.3 Å². The molecule has 0 unspecified atom stereocenters. The Morgan fingerprint density at radius 1 is 1.57 bits per heavy atom. The second kappa shape index (κ2) is 5.86. The standard InChI is InChI=1S/C13H17N3O5/c1-20-11-3-2-9(6-10(11)16(18)19)21-8-13(4-5-13)7-12(14)15-17/h2-3,6,17H,4-5,7-8H2,1H3,(H2,14,15). The Labute approximate surface area is 121 Å². The molecule has 0 saturated heterocycles. The van der Waals surface area contributed by atoms with Crippen LogP contribution < -0.4 is 15.2 Å². The molecule has 1 fully saturated rings. The molecular weight excluding hydrogens is 278 g/mol. The molecule has 1 aromatic carbocycles. The lowest BCUT2D eigenvalue weighted by atomic mass is 10.0. The molecule has 3 N–H and O–H groups in total. The predicted molar refractivity (Wildman–Crippen MR) is 74.8 cm³/mol. The highest BCUT2D eigenvalue weighted by Gasteiger charge is 2.44. The zero-order valence-corrected chi connectivity index (χ0v) is 11.6. The summed E-state index contributed by atoms with van der Waals surface area (Å²) in [6, 6.07) is 4.44. The minimum absolute atomic E-state index is 0.134. The van der Waals surface area contributed by atoms with E-state index < -0.39 is 4.92 Å². The molecule has 1 aromatic rings. The number of nitrogens with zero attached hydrogens (tertiary/aromatic N) is 2. The molecule has 114 valence electrons. The van der Waals surface area contributed by atoms with Crippen LogP contribution in [0.4, 0.5) is 5.69 Å². The Morgan fingerprint density at radius 3 is 2.81 bits per heavy atom. The van der Waals surface area contributed by atoms with Gasteiger partial charge in [-0.2, -0.15) is 0 Å². The third kappa shape index (κ3) is 3.53. The lowest BCUT2D eigenvalue weighted by molar-refractivity contribution is -0.385. The molecule has 1 saturated carbocycles. The van der Waals surface area contributed by atoms with Gasteiger partial charge in [0.05, 0.1) is 24.7 Å². The highest BCUT2D eigenvalue weighted by molar-refractivity contribution is 5.80. The number of nitro benzene ring substituents is 1. The Bertz CT molecular complexity index is 569. The number of hydrogen-bond acceptors (Lipinski definition) is 6. The van der Waals surface area contributed by atoms with Crippen LogP contribution in [0.2, 0.25) is 0 Å². The first-order chi connectivity index (χ1) is 9.99. The van der Waals surface area contributed by atoms with Crippen LogP contribution in [0.25, 0.3) is 0 Å². The van der Waals surface area contributed by atoms with Crippen molar-refractivity contribution < 1.29 is 19.6 Å². The average Bonchev–Trinajstić information content (AvgIpc) is 3.24. The zero-order chi connectivity index (χ0) is 15.5. The minimum Gasteiger partial charge on any atom is -0.493 e. The van der Waals surface area contributed by atoms with Crippen molar-refractivity contribution in [3.63, 3.8) is 0 Å². The molecule has 0 aromatic heterocycles. The van der Waals surface area contributed by atoms with Gasteiger partial charge in [-0.3, -0.25) is 10.1 Å². The predicted octanol–water partition coefficient (Wildman–Crippen LogP) is 1.90. The number of methoxy groups -OCH3 is 1. The van der Waals surface area contributed by atoms with Crippen molar-refractivity contribution >= 4 is 11.5 Å². The van der Waals surface area contributed by atoms with Gasteiger partial charge in [0.2, 0.25) is 0 Å². The van der Waals surface area contributed by atoms with Crippen LogP contribution in [0.1, 0.15) is 19.3 Å². The molecule has 0 heterocycles. The summed E-state index contributed by atoms with van der Waals surface area (Å²) in [5, 5.41) is 22.5. The van der Waals surface area contributed by atoms with E-state index in [0.717, 1.165) is 12.8 Å². The van der Waals surface area contributed by atoms with E-state index >= 15 is 0 Å².